The molecule has 140 valence electrons. The van der Waals surface area contributed by atoms with Gasteiger partial charge in [0.25, 0.3) is 0 Å². The van der Waals surface area contributed by atoms with E-state index in [2.05, 4.69) is 34.0 Å². The first-order valence-electron chi connectivity index (χ1n) is 9.38. The average molecular weight is 450 g/mol. The van der Waals surface area contributed by atoms with Crippen LogP contribution in [0.2, 0.25) is 0 Å². The molecule has 2 unspecified atom stereocenters. The third-order valence-electron chi connectivity index (χ3n) is 6.03. The molecule has 0 amide bonds. The zero-order chi connectivity index (χ0) is 16.3. The predicted molar refractivity (Wildman–Crippen MR) is 110 cm³/mol. The monoisotopic (exact) mass is 450 g/mol. The molecular formula is C18H35IN4O. The van der Waals surface area contributed by atoms with Crippen LogP contribution in [0.1, 0.15) is 39.5 Å². The summed E-state index contributed by atoms with van der Waals surface area (Å²) >= 11 is 0. The minimum atomic E-state index is 0. The van der Waals surface area contributed by atoms with E-state index in [-0.39, 0.29) is 29.5 Å². The standard InChI is InChI=1S/C18H34N4O.HI/c1-18(2,22-8-10-23-11-9-22)14-20-17(19-3)21-12-15-6-4-5-7-16(15)13-21;/h15-16H,4-14H2,1-3H3,(H,19,20);1H. The topological polar surface area (TPSA) is 40.1 Å². The van der Waals surface area contributed by atoms with Crippen molar-refractivity contribution in [3.63, 3.8) is 0 Å². The van der Waals surface area contributed by atoms with E-state index in [1.807, 2.05) is 7.05 Å². The Morgan fingerprint density at radius 3 is 2.25 bits per heavy atom. The van der Waals surface area contributed by atoms with Crippen molar-refractivity contribution in [3.8, 4) is 0 Å². The maximum Gasteiger partial charge on any atom is 0.193 e. The summed E-state index contributed by atoms with van der Waals surface area (Å²) in [5.41, 5.74) is 0.131. The molecule has 2 atom stereocenters. The lowest BCUT2D eigenvalue weighted by molar-refractivity contribution is -0.00847. The first kappa shape index (κ1) is 20.2. The molecule has 0 radical (unpaired) electrons. The molecule has 3 rings (SSSR count). The zero-order valence-corrected chi connectivity index (χ0v) is 17.9. The van der Waals surface area contributed by atoms with Gasteiger partial charge in [0.1, 0.15) is 0 Å². The number of morpholine rings is 1. The number of guanidine groups is 1. The van der Waals surface area contributed by atoms with Crippen molar-refractivity contribution in [3.05, 3.63) is 0 Å². The van der Waals surface area contributed by atoms with Gasteiger partial charge in [0, 0.05) is 45.3 Å². The first-order valence-corrected chi connectivity index (χ1v) is 9.38. The third-order valence-corrected chi connectivity index (χ3v) is 6.03. The smallest absolute Gasteiger partial charge is 0.193 e. The van der Waals surface area contributed by atoms with Gasteiger partial charge in [0.15, 0.2) is 5.96 Å². The Bertz CT molecular complexity index is 409. The molecule has 2 aliphatic heterocycles. The molecule has 0 bridgehead atoms. The minimum Gasteiger partial charge on any atom is -0.379 e. The SMILES string of the molecule is CN=C(NCC(C)(C)N1CCOCC1)N1CC2CCCCC2C1.I. The Kier molecular flexibility index (Phi) is 7.61. The van der Waals surface area contributed by atoms with Gasteiger partial charge in [-0.15, -0.1) is 24.0 Å². The molecule has 0 spiro atoms. The van der Waals surface area contributed by atoms with Gasteiger partial charge in [-0.2, -0.15) is 0 Å². The number of hydrogen-bond donors (Lipinski definition) is 1. The summed E-state index contributed by atoms with van der Waals surface area (Å²) in [6.07, 6.45) is 5.67. The fraction of sp³-hybridized carbons (Fsp3) is 0.944. The first-order chi connectivity index (χ1) is 11.1. The Morgan fingerprint density at radius 1 is 1.12 bits per heavy atom. The van der Waals surface area contributed by atoms with Crippen LogP contribution in [0.5, 0.6) is 0 Å². The van der Waals surface area contributed by atoms with Gasteiger partial charge in [-0.1, -0.05) is 12.8 Å². The van der Waals surface area contributed by atoms with Gasteiger partial charge < -0.3 is 15.0 Å². The van der Waals surface area contributed by atoms with E-state index in [4.69, 9.17) is 4.74 Å². The highest BCUT2D eigenvalue weighted by molar-refractivity contribution is 14.0. The Balaban J connectivity index is 0.00000208. The number of aliphatic imine (C=N–C) groups is 1. The summed E-state index contributed by atoms with van der Waals surface area (Å²) in [7, 11) is 1.92. The van der Waals surface area contributed by atoms with Crippen LogP contribution >= 0.6 is 24.0 Å². The summed E-state index contributed by atoms with van der Waals surface area (Å²) in [5, 5.41) is 3.65. The fourth-order valence-electron chi connectivity index (χ4n) is 4.49. The minimum absolute atomic E-state index is 0. The van der Waals surface area contributed by atoms with Gasteiger partial charge >= 0.3 is 0 Å². The lowest BCUT2D eigenvalue weighted by Crippen LogP contribution is -2.56. The number of fused-ring (bicyclic) bond motifs is 1. The molecule has 24 heavy (non-hydrogen) atoms. The van der Waals surface area contributed by atoms with Crippen molar-refractivity contribution in [2.75, 3.05) is 53.0 Å². The highest BCUT2D eigenvalue weighted by atomic mass is 127. The highest BCUT2D eigenvalue weighted by Crippen LogP contribution is 2.35. The van der Waals surface area contributed by atoms with Crippen LogP contribution in [0.4, 0.5) is 0 Å². The van der Waals surface area contributed by atoms with Crippen molar-refractivity contribution in [2.45, 2.75) is 45.1 Å². The van der Waals surface area contributed by atoms with Crippen molar-refractivity contribution in [1.29, 1.82) is 0 Å². The van der Waals surface area contributed by atoms with Crippen LogP contribution in [-0.2, 0) is 4.74 Å². The largest absolute Gasteiger partial charge is 0.379 e. The van der Waals surface area contributed by atoms with Crippen LogP contribution < -0.4 is 5.32 Å². The lowest BCUT2D eigenvalue weighted by atomic mass is 9.82. The molecule has 0 aromatic carbocycles. The van der Waals surface area contributed by atoms with Crippen molar-refractivity contribution < 1.29 is 4.74 Å². The molecule has 6 heteroatoms. The van der Waals surface area contributed by atoms with Gasteiger partial charge in [-0.05, 0) is 38.5 Å². The molecule has 0 aromatic rings. The van der Waals surface area contributed by atoms with Gasteiger partial charge in [0.2, 0.25) is 0 Å². The second-order valence-electron chi connectivity index (χ2n) is 8.02. The van der Waals surface area contributed by atoms with E-state index in [1.165, 1.54) is 38.8 Å². The molecule has 1 N–H and O–H groups in total. The molecule has 1 aliphatic carbocycles. The van der Waals surface area contributed by atoms with Crippen LogP contribution in [0, 0.1) is 11.8 Å². The van der Waals surface area contributed by atoms with Crippen LogP contribution in [-0.4, -0.2) is 74.3 Å². The van der Waals surface area contributed by atoms with Crippen molar-refractivity contribution >= 4 is 29.9 Å². The molecule has 3 fully saturated rings. The van der Waals surface area contributed by atoms with Gasteiger partial charge in [0.05, 0.1) is 13.2 Å². The summed E-state index contributed by atoms with van der Waals surface area (Å²) in [4.78, 5) is 9.59. The molecule has 1 saturated carbocycles. The molecule has 0 aromatic heterocycles. The summed E-state index contributed by atoms with van der Waals surface area (Å²) in [6.45, 7) is 11.7. The number of nitrogens with one attached hydrogen (secondary N) is 1. The molecule has 2 saturated heterocycles. The highest BCUT2D eigenvalue weighted by Gasteiger charge is 2.36. The van der Waals surface area contributed by atoms with Crippen molar-refractivity contribution in [2.24, 2.45) is 16.8 Å². The maximum atomic E-state index is 5.48. The van der Waals surface area contributed by atoms with Crippen LogP contribution in [0.15, 0.2) is 4.99 Å². The summed E-state index contributed by atoms with van der Waals surface area (Å²) < 4.78 is 5.48. The number of ether oxygens (including phenoxy) is 1. The Labute approximate surface area is 164 Å². The number of rotatable bonds is 3. The second-order valence-corrected chi connectivity index (χ2v) is 8.02. The molecule has 5 nitrogen and oxygen atoms in total. The van der Waals surface area contributed by atoms with E-state index < -0.39 is 0 Å². The van der Waals surface area contributed by atoms with Crippen LogP contribution in [0.3, 0.4) is 0 Å². The maximum absolute atomic E-state index is 5.48. The van der Waals surface area contributed by atoms with E-state index >= 15 is 0 Å². The quantitative estimate of drug-likeness (QED) is 0.408. The fourth-order valence-corrected chi connectivity index (χ4v) is 4.49. The molecule has 2 heterocycles. The van der Waals surface area contributed by atoms with Gasteiger partial charge in [-0.3, -0.25) is 9.89 Å². The zero-order valence-electron chi connectivity index (χ0n) is 15.6. The van der Waals surface area contributed by atoms with Gasteiger partial charge in [-0.25, -0.2) is 0 Å². The van der Waals surface area contributed by atoms with Crippen LogP contribution in [0.25, 0.3) is 0 Å². The average Bonchev–Trinajstić information content (AvgIpc) is 3.00. The number of likely N-dealkylation sites (tertiary alicyclic amines) is 1. The summed E-state index contributed by atoms with van der Waals surface area (Å²) in [5.74, 6) is 2.89. The number of hydrogen-bond acceptors (Lipinski definition) is 3. The van der Waals surface area contributed by atoms with E-state index in [1.54, 1.807) is 0 Å². The molecule has 3 aliphatic rings. The van der Waals surface area contributed by atoms with Crippen molar-refractivity contribution in [1.82, 2.24) is 15.1 Å². The van der Waals surface area contributed by atoms with E-state index in [0.717, 1.165) is 50.6 Å². The summed E-state index contributed by atoms with van der Waals surface area (Å²) in [6, 6.07) is 0. The molecular weight excluding hydrogens is 415 g/mol. The number of halogens is 1. The second kappa shape index (κ2) is 9.03. The Hall–Kier alpha value is -0.0800. The number of nitrogens with zero attached hydrogens (tertiary/aromatic N) is 3. The normalized spacial score (nSPS) is 29.1. The predicted octanol–water partition coefficient (Wildman–Crippen LogP) is 2.41. The lowest BCUT2D eigenvalue weighted by Gasteiger charge is -2.41. The third kappa shape index (κ3) is 4.75. The van der Waals surface area contributed by atoms with E-state index in [9.17, 15) is 0 Å². The Morgan fingerprint density at radius 2 is 1.71 bits per heavy atom. The van der Waals surface area contributed by atoms with E-state index in [0.29, 0.717) is 0 Å².